The first-order chi connectivity index (χ1) is 7.34. The summed E-state index contributed by atoms with van der Waals surface area (Å²) in [5.41, 5.74) is 1.24. The van der Waals surface area contributed by atoms with Crippen molar-refractivity contribution >= 4 is 12.0 Å². The van der Waals surface area contributed by atoms with E-state index in [1.54, 1.807) is 0 Å². The number of rotatable bonds is 3. The first-order valence-corrected chi connectivity index (χ1v) is 5.55. The molecule has 2 aromatic rings. The van der Waals surface area contributed by atoms with Crippen LogP contribution in [0.5, 0.6) is 5.75 Å². The largest absolute Gasteiger partial charge is 0.421 e. The van der Waals surface area contributed by atoms with Crippen molar-refractivity contribution in [2.24, 2.45) is 0 Å². The van der Waals surface area contributed by atoms with Crippen molar-refractivity contribution in [2.45, 2.75) is 11.8 Å². The third-order valence-corrected chi connectivity index (χ3v) is 2.74. The zero-order valence-corrected chi connectivity index (χ0v) is 9.33. The molecule has 0 bridgehead atoms. The van der Waals surface area contributed by atoms with Gasteiger partial charge in [0.15, 0.2) is 0 Å². The SMILES string of the molecule is Cc1ccc(OSc2ccccc2)cc1. The Balaban J connectivity index is 1.96. The Morgan fingerprint density at radius 3 is 2.20 bits per heavy atom. The van der Waals surface area contributed by atoms with E-state index in [2.05, 4.69) is 6.92 Å². The molecule has 76 valence electrons. The van der Waals surface area contributed by atoms with E-state index in [0.717, 1.165) is 10.6 Å². The van der Waals surface area contributed by atoms with Gasteiger partial charge in [-0.05, 0) is 31.2 Å². The van der Waals surface area contributed by atoms with Gasteiger partial charge in [-0.1, -0.05) is 35.9 Å². The van der Waals surface area contributed by atoms with Crippen LogP contribution >= 0.6 is 12.0 Å². The van der Waals surface area contributed by atoms with Crippen LogP contribution in [0, 0.1) is 6.92 Å². The molecular formula is C13H12OS. The smallest absolute Gasteiger partial charge is 0.137 e. The van der Waals surface area contributed by atoms with Crippen molar-refractivity contribution in [3.63, 3.8) is 0 Å². The Hall–Kier alpha value is -1.41. The van der Waals surface area contributed by atoms with Gasteiger partial charge in [0.25, 0.3) is 0 Å². The van der Waals surface area contributed by atoms with Crippen molar-refractivity contribution < 1.29 is 4.18 Å². The molecule has 0 atom stereocenters. The molecule has 0 radical (unpaired) electrons. The lowest BCUT2D eigenvalue weighted by atomic mass is 10.2. The lowest BCUT2D eigenvalue weighted by molar-refractivity contribution is 0.646. The molecule has 0 heterocycles. The first-order valence-electron chi connectivity index (χ1n) is 4.81. The Bertz CT molecular complexity index is 408. The fourth-order valence-electron chi connectivity index (χ4n) is 1.17. The van der Waals surface area contributed by atoms with Gasteiger partial charge in [-0.3, -0.25) is 0 Å². The second-order valence-electron chi connectivity index (χ2n) is 3.29. The molecule has 0 aliphatic heterocycles. The highest BCUT2D eigenvalue weighted by atomic mass is 32.2. The molecule has 0 saturated carbocycles. The summed E-state index contributed by atoms with van der Waals surface area (Å²) in [4.78, 5) is 1.11. The van der Waals surface area contributed by atoms with E-state index in [0.29, 0.717) is 0 Å². The molecule has 0 unspecified atom stereocenters. The van der Waals surface area contributed by atoms with Crippen LogP contribution < -0.4 is 4.18 Å². The zero-order valence-electron chi connectivity index (χ0n) is 8.51. The summed E-state index contributed by atoms with van der Waals surface area (Å²) in [5.74, 6) is 0.884. The van der Waals surface area contributed by atoms with E-state index >= 15 is 0 Å². The minimum Gasteiger partial charge on any atom is -0.421 e. The molecular weight excluding hydrogens is 204 g/mol. The van der Waals surface area contributed by atoms with Crippen LogP contribution in [0.4, 0.5) is 0 Å². The predicted octanol–water partition coefficient (Wildman–Crippen LogP) is 4.08. The topological polar surface area (TPSA) is 9.23 Å². The predicted molar refractivity (Wildman–Crippen MR) is 64.1 cm³/mol. The summed E-state index contributed by atoms with van der Waals surface area (Å²) in [6.45, 7) is 2.06. The van der Waals surface area contributed by atoms with Crippen LogP contribution in [0.1, 0.15) is 5.56 Å². The zero-order chi connectivity index (χ0) is 10.5. The summed E-state index contributed by atoms with van der Waals surface area (Å²) >= 11 is 1.38. The molecule has 2 aromatic carbocycles. The normalized spacial score (nSPS) is 9.93. The minimum absolute atomic E-state index is 0.884. The third-order valence-electron chi connectivity index (χ3n) is 2.00. The maximum atomic E-state index is 5.56. The Morgan fingerprint density at radius 2 is 1.53 bits per heavy atom. The quantitative estimate of drug-likeness (QED) is 0.715. The number of aryl methyl sites for hydroxylation is 1. The summed E-state index contributed by atoms with van der Waals surface area (Å²) in [7, 11) is 0. The average molecular weight is 216 g/mol. The van der Waals surface area contributed by atoms with Crippen LogP contribution in [0.15, 0.2) is 59.5 Å². The molecule has 1 nitrogen and oxygen atoms in total. The monoisotopic (exact) mass is 216 g/mol. The minimum atomic E-state index is 0.884. The van der Waals surface area contributed by atoms with Crippen LogP contribution in [-0.4, -0.2) is 0 Å². The molecule has 2 heteroatoms. The fraction of sp³-hybridized carbons (Fsp3) is 0.0769. The average Bonchev–Trinajstić information content (AvgIpc) is 2.30. The molecule has 2 rings (SSSR count). The van der Waals surface area contributed by atoms with Crippen molar-refractivity contribution in [2.75, 3.05) is 0 Å². The summed E-state index contributed by atoms with van der Waals surface area (Å²) in [5, 5.41) is 0. The van der Waals surface area contributed by atoms with Crippen molar-refractivity contribution in [3.8, 4) is 5.75 Å². The first kappa shape index (κ1) is 10.1. The highest BCUT2D eigenvalue weighted by molar-refractivity contribution is 7.95. The molecule has 0 N–H and O–H groups in total. The lowest BCUT2D eigenvalue weighted by Gasteiger charge is -2.03. The molecule has 0 aliphatic rings. The number of benzene rings is 2. The van der Waals surface area contributed by atoms with Gasteiger partial charge < -0.3 is 4.18 Å². The second kappa shape index (κ2) is 4.89. The van der Waals surface area contributed by atoms with Crippen LogP contribution in [-0.2, 0) is 0 Å². The molecule has 15 heavy (non-hydrogen) atoms. The molecule has 0 saturated heterocycles. The van der Waals surface area contributed by atoms with Crippen molar-refractivity contribution in [3.05, 3.63) is 60.2 Å². The molecule has 0 aliphatic carbocycles. The Labute approximate surface area is 94.3 Å². The molecule has 0 aromatic heterocycles. The van der Waals surface area contributed by atoms with E-state index < -0.39 is 0 Å². The highest BCUT2D eigenvalue weighted by Crippen LogP contribution is 2.23. The van der Waals surface area contributed by atoms with E-state index in [9.17, 15) is 0 Å². The van der Waals surface area contributed by atoms with Crippen molar-refractivity contribution in [1.82, 2.24) is 0 Å². The van der Waals surface area contributed by atoms with Crippen LogP contribution in [0.25, 0.3) is 0 Å². The number of hydrogen-bond donors (Lipinski definition) is 0. The van der Waals surface area contributed by atoms with Gasteiger partial charge in [0, 0.05) is 4.90 Å². The van der Waals surface area contributed by atoms with Gasteiger partial charge in [0.1, 0.15) is 5.75 Å². The second-order valence-corrected chi connectivity index (χ2v) is 4.10. The lowest BCUT2D eigenvalue weighted by Crippen LogP contribution is -1.81. The van der Waals surface area contributed by atoms with Gasteiger partial charge in [0.05, 0.1) is 12.0 Å². The maximum absolute atomic E-state index is 5.56. The fourth-order valence-corrected chi connectivity index (χ4v) is 1.74. The standard InChI is InChI=1S/C13H12OS/c1-11-7-9-12(10-8-11)14-15-13-5-3-2-4-6-13/h2-10H,1H3. The Kier molecular flexibility index (Phi) is 3.30. The third kappa shape index (κ3) is 3.03. The number of hydrogen-bond acceptors (Lipinski definition) is 2. The van der Waals surface area contributed by atoms with Crippen molar-refractivity contribution in [1.29, 1.82) is 0 Å². The van der Waals surface area contributed by atoms with E-state index in [4.69, 9.17) is 4.18 Å². The van der Waals surface area contributed by atoms with E-state index in [1.165, 1.54) is 17.6 Å². The van der Waals surface area contributed by atoms with Gasteiger partial charge in [-0.15, -0.1) is 0 Å². The van der Waals surface area contributed by atoms with Gasteiger partial charge >= 0.3 is 0 Å². The van der Waals surface area contributed by atoms with Gasteiger partial charge in [-0.25, -0.2) is 0 Å². The molecule has 0 fully saturated rings. The van der Waals surface area contributed by atoms with Gasteiger partial charge in [-0.2, -0.15) is 0 Å². The maximum Gasteiger partial charge on any atom is 0.137 e. The van der Waals surface area contributed by atoms with Gasteiger partial charge in [0.2, 0.25) is 0 Å². The highest BCUT2D eigenvalue weighted by Gasteiger charge is 1.96. The Morgan fingerprint density at radius 1 is 0.867 bits per heavy atom. The molecule has 0 amide bonds. The van der Waals surface area contributed by atoms with Crippen LogP contribution in [0.3, 0.4) is 0 Å². The van der Waals surface area contributed by atoms with E-state index in [-0.39, 0.29) is 0 Å². The van der Waals surface area contributed by atoms with E-state index in [1.807, 2.05) is 54.6 Å². The molecule has 0 spiro atoms. The summed E-state index contributed by atoms with van der Waals surface area (Å²) in [6.07, 6.45) is 0. The van der Waals surface area contributed by atoms with Crippen LogP contribution in [0.2, 0.25) is 0 Å². The summed E-state index contributed by atoms with van der Waals surface area (Å²) in [6, 6.07) is 18.1. The summed E-state index contributed by atoms with van der Waals surface area (Å²) < 4.78 is 5.56.